The Bertz CT molecular complexity index is 607. The first-order valence-electron chi connectivity index (χ1n) is 5.24. The number of nitrogens with one attached hydrogen (secondary N) is 1. The molecule has 0 saturated heterocycles. The average Bonchev–Trinajstić information content (AvgIpc) is 2.36. The number of rotatable bonds is 3. The minimum absolute atomic E-state index is 0.0208. The maximum absolute atomic E-state index is 13.4. The van der Waals surface area contributed by atoms with Crippen molar-refractivity contribution in [1.29, 1.82) is 5.26 Å². The number of nitrogens with zero attached hydrogens (tertiary/aromatic N) is 2. The summed E-state index contributed by atoms with van der Waals surface area (Å²) in [5.41, 5.74) is 1.30. The van der Waals surface area contributed by atoms with Gasteiger partial charge >= 0.3 is 0 Å². The number of hydrogen-bond donors (Lipinski definition) is 1. The molecule has 3 nitrogen and oxygen atoms in total. The third-order valence-electron chi connectivity index (χ3n) is 2.36. The van der Waals surface area contributed by atoms with Crippen LogP contribution in [-0.4, -0.2) is 4.98 Å². The second-order valence-electron chi connectivity index (χ2n) is 3.58. The smallest absolute Gasteiger partial charge is 0.143 e. The van der Waals surface area contributed by atoms with Crippen molar-refractivity contribution in [2.75, 3.05) is 5.32 Å². The molecule has 2 aromatic rings. The summed E-state index contributed by atoms with van der Waals surface area (Å²) in [5, 5.41) is 11.9. The van der Waals surface area contributed by atoms with Crippen LogP contribution in [0.1, 0.15) is 11.3 Å². The number of pyridine rings is 1. The summed E-state index contributed by atoms with van der Waals surface area (Å²) in [7, 11) is 0. The number of nitriles is 1. The standard InChI is InChI=1S/C13H9BrFN3/c14-13-6-1-3-9(18-13)8-17-12-5-2-4-11(15)10(12)7-16/h1-6,17H,8H2. The number of aromatic nitrogens is 1. The van der Waals surface area contributed by atoms with E-state index >= 15 is 0 Å². The Morgan fingerprint density at radius 3 is 2.78 bits per heavy atom. The molecule has 1 aromatic heterocycles. The topological polar surface area (TPSA) is 48.7 Å². The van der Waals surface area contributed by atoms with E-state index in [1.165, 1.54) is 6.07 Å². The Hall–Kier alpha value is -1.93. The van der Waals surface area contributed by atoms with Crippen molar-refractivity contribution >= 4 is 21.6 Å². The van der Waals surface area contributed by atoms with Gasteiger partial charge in [-0.2, -0.15) is 5.26 Å². The molecule has 2 rings (SSSR count). The molecular weight excluding hydrogens is 297 g/mol. The van der Waals surface area contributed by atoms with Gasteiger partial charge in [0.1, 0.15) is 22.1 Å². The first kappa shape index (κ1) is 12.5. The minimum atomic E-state index is -0.523. The molecule has 0 radical (unpaired) electrons. The molecule has 0 amide bonds. The van der Waals surface area contributed by atoms with Crippen LogP contribution in [0.25, 0.3) is 0 Å². The van der Waals surface area contributed by atoms with Crippen molar-refractivity contribution < 1.29 is 4.39 Å². The second-order valence-corrected chi connectivity index (χ2v) is 4.39. The SMILES string of the molecule is N#Cc1c(F)cccc1NCc1cccc(Br)n1. The molecule has 0 aliphatic rings. The number of halogens is 2. The van der Waals surface area contributed by atoms with Gasteiger partial charge in [-0.15, -0.1) is 0 Å². The average molecular weight is 306 g/mol. The van der Waals surface area contributed by atoms with E-state index in [0.29, 0.717) is 12.2 Å². The molecule has 1 aromatic carbocycles. The number of hydrogen-bond acceptors (Lipinski definition) is 3. The quantitative estimate of drug-likeness (QED) is 0.883. The highest BCUT2D eigenvalue weighted by atomic mass is 79.9. The molecule has 0 atom stereocenters. The Morgan fingerprint density at radius 2 is 2.06 bits per heavy atom. The van der Waals surface area contributed by atoms with E-state index in [9.17, 15) is 4.39 Å². The summed E-state index contributed by atoms with van der Waals surface area (Å²) in [4.78, 5) is 4.24. The van der Waals surface area contributed by atoms with Crippen LogP contribution in [0.15, 0.2) is 41.0 Å². The molecule has 0 aliphatic heterocycles. The predicted octanol–water partition coefficient (Wildman–Crippen LogP) is 3.47. The summed E-state index contributed by atoms with van der Waals surface area (Å²) in [5.74, 6) is -0.523. The van der Waals surface area contributed by atoms with Gasteiger partial charge < -0.3 is 5.32 Å². The van der Waals surface area contributed by atoms with Crippen molar-refractivity contribution in [3.8, 4) is 6.07 Å². The van der Waals surface area contributed by atoms with E-state index in [4.69, 9.17) is 5.26 Å². The van der Waals surface area contributed by atoms with Gasteiger partial charge in [-0.3, -0.25) is 0 Å². The molecule has 0 bridgehead atoms. The van der Waals surface area contributed by atoms with E-state index in [1.54, 1.807) is 12.1 Å². The molecule has 0 unspecified atom stereocenters. The van der Waals surface area contributed by atoms with E-state index in [-0.39, 0.29) is 5.56 Å². The predicted molar refractivity (Wildman–Crippen MR) is 70.4 cm³/mol. The lowest BCUT2D eigenvalue weighted by atomic mass is 10.2. The summed E-state index contributed by atoms with van der Waals surface area (Å²) in [6.45, 7) is 0.428. The maximum atomic E-state index is 13.4. The summed E-state index contributed by atoms with van der Waals surface area (Å²) in [6, 6.07) is 11.9. The molecule has 1 N–H and O–H groups in total. The van der Waals surface area contributed by atoms with Crippen LogP contribution in [0.2, 0.25) is 0 Å². The van der Waals surface area contributed by atoms with Gasteiger partial charge in [0, 0.05) is 0 Å². The van der Waals surface area contributed by atoms with E-state index in [2.05, 4.69) is 26.2 Å². The summed E-state index contributed by atoms with van der Waals surface area (Å²) in [6.07, 6.45) is 0. The zero-order chi connectivity index (χ0) is 13.0. The van der Waals surface area contributed by atoms with Gasteiger partial charge in [0.15, 0.2) is 0 Å². The van der Waals surface area contributed by atoms with Crippen LogP contribution in [-0.2, 0) is 6.54 Å². The maximum Gasteiger partial charge on any atom is 0.143 e. The molecule has 5 heteroatoms. The lowest BCUT2D eigenvalue weighted by Gasteiger charge is -2.08. The van der Waals surface area contributed by atoms with E-state index in [0.717, 1.165) is 10.3 Å². The van der Waals surface area contributed by atoms with Gasteiger partial charge in [0.25, 0.3) is 0 Å². The van der Waals surface area contributed by atoms with E-state index in [1.807, 2.05) is 24.3 Å². The Morgan fingerprint density at radius 1 is 1.28 bits per heavy atom. The van der Waals surface area contributed by atoms with Crippen molar-refractivity contribution in [2.24, 2.45) is 0 Å². The Labute approximate surface area is 112 Å². The fourth-order valence-electron chi connectivity index (χ4n) is 1.52. The molecule has 0 spiro atoms. The monoisotopic (exact) mass is 305 g/mol. The third-order valence-corrected chi connectivity index (χ3v) is 2.80. The van der Waals surface area contributed by atoms with Gasteiger partial charge in [0.2, 0.25) is 0 Å². The van der Waals surface area contributed by atoms with Crippen LogP contribution in [0.4, 0.5) is 10.1 Å². The van der Waals surface area contributed by atoms with Crippen molar-refractivity contribution in [2.45, 2.75) is 6.54 Å². The molecule has 0 fully saturated rings. The molecule has 0 saturated carbocycles. The lowest BCUT2D eigenvalue weighted by Crippen LogP contribution is -2.04. The van der Waals surface area contributed by atoms with Gasteiger partial charge in [-0.05, 0) is 40.2 Å². The van der Waals surface area contributed by atoms with Crippen LogP contribution < -0.4 is 5.32 Å². The van der Waals surface area contributed by atoms with Gasteiger partial charge in [-0.25, -0.2) is 9.37 Å². The highest BCUT2D eigenvalue weighted by Gasteiger charge is 2.07. The van der Waals surface area contributed by atoms with Gasteiger partial charge in [0.05, 0.1) is 17.9 Å². The fraction of sp³-hybridized carbons (Fsp3) is 0.0769. The summed E-state index contributed by atoms with van der Waals surface area (Å²) >= 11 is 3.28. The number of anilines is 1. The van der Waals surface area contributed by atoms with E-state index < -0.39 is 5.82 Å². The van der Waals surface area contributed by atoms with Crippen molar-refractivity contribution in [3.05, 3.63) is 58.1 Å². The van der Waals surface area contributed by atoms with Crippen LogP contribution in [0.3, 0.4) is 0 Å². The zero-order valence-corrected chi connectivity index (χ0v) is 10.9. The molecular formula is C13H9BrFN3. The third kappa shape index (κ3) is 2.84. The second kappa shape index (κ2) is 5.61. The Balaban J connectivity index is 2.16. The van der Waals surface area contributed by atoms with Crippen LogP contribution in [0, 0.1) is 17.1 Å². The highest BCUT2D eigenvalue weighted by molar-refractivity contribution is 9.10. The first-order chi connectivity index (χ1) is 8.70. The number of benzene rings is 1. The Kier molecular flexibility index (Phi) is 3.90. The van der Waals surface area contributed by atoms with Crippen LogP contribution >= 0.6 is 15.9 Å². The highest BCUT2D eigenvalue weighted by Crippen LogP contribution is 2.18. The molecule has 0 aliphatic carbocycles. The van der Waals surface area contributed by atoms with Crippen molar-refractivity contribution in [1.82, 2.24) is 4.98 Å². The fourth-order valence-corrected chi connectivity index (χ4v) is 1.90. The van der Waals surface area contributed by atoms with Crippen molar-refractivity contribution in [3.63, 3.8) is 0 Å². The van der Waals surface area contributed by atoms with Gasteiger partial charge in [-0.1, -0.05) is 12.1 Å². The molecule has 90 valence electrons. The van der Waals surface area contributed by atoms with Crippen LogP contribution in [0.5, 0.6) is 0 Å². The summed E-state index contributed by atoms with van der Waals surface area (Å²) < 4.78 is 14.1. The minimum Gasteiger partial charge on any atom is -0.378 e. The first-order valence-corrected chi connectivity index (χ1v) is 6.04. The molecule has 1 heterocycles. The zero-order valence-electron chi connectivity index (χ0n) is 9.32. The normalized spacial score (nSPS) is 9.83. The lowest BCUT2D eigenvalue weighted by molar-refractivity contribution is 0.624. The molecule has 18 heavy (non-hydrogen) atoms. The largest absolute Gasteiger partial charge is 0.378 e.